The maximum atomic E-state index is 12.8. The van der Waals surface area contributed by atoms with Gasteiger partial charge < -0.3 is 14.8 Å². The molecule has 0 unspecified atom stereocenters. The van der Waals surface area contributed by atoms with Crippen molar-refractivity contribution in [1.29, 1.82) is 0 Å². The van der Waals surface area contributed by atoms with Crippen LogP contribution in [0.3, 0.4) is 0 Å². The molecule has 25 heavy (non-hydrogen) atoms. The first-order chi connectivity index (χ1) is 11.9. The molecule has 0 aliphatic carbocycles. The zero-order chi connectivity index (χ0) is 18.1. The number of rotatable bonds is 3. The summed E-state index contributed by atoms with van der Waals surface area (Å²) in [5, 5.41) is 11.8. The van der Waals surface area contributed by atoms with Gasteiger partial charge in [-0.05, 0) is 32.4 Å². The number of carboxylic acid groups (broad SMARTS) is 1. The van der Waals surface area contributed by atoms with E-state index in [0.717, 1.165) is 5.56 Å². The van der Waals surface area contributed by atoms with Crippen LogP contribution in [0.5, 0.6) is 0 Å². The van der Waals surface area contributed by atoms with E-state index in [4.69, 9.17) is 9.52 Å². The molecule has 1 aromatic carbocycles. The fourth-order valence-corrected chi connectivity index (χ4v) is 2.81. The average Bonchev–Trinajstić information content (AvgIpc) is 2.58. The highest BCUT2D eigenvalue weighted by molar-refractivity contribution is 5.84. The van der Waals surface area contributed by atoms with Gasteiger partial charge in [0.15, 0.2) is 11.2 Å². The fourth-order valence-electron chi connectivity index (χ4n) is 2.81. The normalized spacial score (nSPS) is 12.1. The highest BCUT2D eigenvalue weighted by Crippen LogP contribution is 2.29. The zero-order valence-electron chi connectivity index (χ0n) is 14.0. The molecule has 7 heteroatoms. The van der Waals surface area contributed by atoms with Gasteiger partial charge in [0, 0.05) is 23.5 Å². The molecule has 7 nitrogen and oxygen atoms in total. The van der Waals surface area contributed by atoms with E-state index in [1.165, 1.54) is 18.6 Å². The van der Waals surface area contributed by atoms with E-state index in [9.17, 15) is 9.59 Å². The molecule has 0 aliphatic rings. The van der Waals surface area contributed by atoms with E-state index in [2.05, 4.69) is 15.3 Å². The van der Waals surface area contributed by atoms with Gasteiger partial charge in [-0.15, -0.1) is 0 Å². The molecule has 2 aromatic heterocycles. The zero-order valence-corrected chi connectivity index (χ0v) is 14.0. The van der Waals surface area contributed by atoms with Crippen LogP contribution >= 0.6 is 0 Å². The summed E-state index contributed by atoms with van der Waals surface area (Å²) >= 11 is 0. The lowest BCUT2D eigenvalue weighted by atomic mass is 10.00. The Hall–Kier alpha value is -3.22. The third-order valence-electron chi connectivity index (χ3n) is 3.99. The number of nitrogens with zero attached hydrogens (tertiary/aromatic N) is 2. The van der Waals surface area contributed by atoms with Crippen molar-refractivity contribution < 1.29 is 14.3 Å². The number of aromatic nitrogens is 2. The van der Waals surface area contributed by atoms with E-state index < -0.39 is 12.1 Å². The molecule has 1 amide bonds. The smallest absolute Gasteiger partial charge is 0.405 e. The van der Waals surface area contributed by atoms with E-state index in [1.807, 2.05) is 13.0 Å². The van der Waals surface area contributed by atoms with Crippen LogP contribution in [0.4, 0.5) is 4.79 Å². The maximum absolute atomic E-state index is 12.8. The van der Waals surface area contributed by atoms with Crippen molar-refractivity contribution in [2.75, 3.05) is 0 Å². The maximum Gasteiger partial charge on any atom is 0.405 e. The minimum Gasteiger partial charge on any atom is -0.465 e. The minimum absolute atomic E-state index is 0.172. The number of aryl methyl sites for hydroxylation is 1. The lowest BCUT2D eigenvalue weighted by molar-refractivity contribution is 0.191. The number of benzene rings is 1. The predicted molar refractivity (Wildman–Crippen MR) is 92.6 cm³/mol. The molecule has 2 heterocycles. The first-order valence-corrected chi connectivity index (χ1v) is 7.72. The van der Waals surface area contributed by atoms with Crippen molar-refractivity contribution in [3.63, 3.8) is 0 Å². The van der Waals surface area contributed by atoms with Crippen LogP contribution in [0, 0.1) is 13.8 Å². The third kappa shape index (κ3) is 3.08. The van der Waals surface area contributed by atoms with Crippen molar-refractivity contribution in [3.8, 4) is 11.5 Å². The molecule has 0 spiro atoms. The average molecular weight is 339 g/mol. The topological polar surface area (TPSA) is 105 Å². The van der Waals surface area contributed by atoms with Crippen molar-refractivity contribution >= 4 is 17.1 Å². The van der Waals surface area contributed by atoms with Gasteiger partial charge in [0.05, 0.1) is 17.6 Å². The molecule has 0 aliphatic heterocycles. The predicted octanol–water partition coefficient (Wildman–Crippen LogP) is 3.20. The van der Waals surface area contributed by atoms with Gasteiger partial charge in [-0.25, -0.2) is 9.78 Å². The fraction of sp³-hybridized carbons (Fsp3) is 0.222. The van der Waals surface area contributed by atoms with Gasteiger partial charge in [-0.2, -0.15) is 0 Å². The summed E-state index contributed by atoms with van der Waals surface area (Å²) in [6.07, 6.45) is 3.42. The van der Waals surface area contributed by atoms with Crippen LogP contribution in [0.1, 0.15) is 29.7 Å². The first kappa shape index (κ1) is 16.6. The Morgan fingerprint density at radius 2 is 2.04 bits per heavy atom. The van der Waals surface area contributed by atoms with Crippen LogP contribution in [0.2, 0.25) is 0 Å². The monoisotopic (exact) mass is 339 g/mol. The summed E-state index contributed by atoms with van der Waals surface area (Å²) in [5.41, 5.74) is 2.50. The Morgan fingerprint density at radius 1 is 1.28 bits per heavy atom. The molecule has 2 N–H and O–H groups in total. The Balaban J connectivity index is 2.33. The first-order valence-electron chi connectivity index (χ1n) is 7.72. The number of amides is 1. The molecule has 3 aromatic rings. The SMILES string of the molecule is Cc1cc([C@@H](C)NC(=O)O)c2oc(-c3cnccn3)c(C)c(=O)c2c1. The molecule has 3 rings (SSSR count). The summed E-state index contributed by atoms with van der Waals surface area (Å²) in [5.74, 6) is 0.332. The van der Waals surface area contributed by atoms with Gasteiger partial charge >= 0.3 is 6.09 Å². The summed E-state index contributed by atoms with van der Waals surface area (Å²) in [6, 6.07) is 3.01. The summed E-state index contributed by atoms with van der Waals surface area (Å²) in [4.78, 5) is 32.0. The van der Waals surface area contributed by atoms with Gasteiger partial charge in [0.1, 0.15) is 11.3 Å². The molecule has 0 bridgehead atoms. The van der Waals surface area contributed by atoms with Gasteiger partial charge in [0.25, 0.3) is 0 Å². The number of hydrogen-bond acceptors (Lipinski definition) is 5. The second-order valence-electron chi connectivity index (χ2n) is 5.88. The minimum atomic E-state index is -1.15. The van der Waals surface area contributed by atoms with Crippen LogP contribution < -0.4 is 10.7 Å². The number of nitrogens with one attached hydrogen (secondary N) is 1. The largest absolute Gasteiger partial charge is 0.465 e. The Bertz CT molecular complexity index is 1010. The quantitative estimate of drug-likeness (QED) is 0.759. The second-order valence-corrected chi connectivity index (χ2v) is 5.88. The van der Waals surface area contributed by atoms with Crippen molar-refractivity contribution in [1.82, 2.24) is 15.3 Å². The Labute approximate surface area is 143 Å². The Kier molecular flexibility index (Phi) is 4.22. The van der Waals surface area contributed by atoms with E-state index in [1.54, 1.807) is 19.9 Å². The van der Waals surface area contributed by atoms with E-state index in [-0.39, 0.29) is 5.43 Å². The summed E-state index contributed by atoms with van der Waals surface area (Å²) < 4.78 is 6.01. The van der Waals surface area contributed by atoms with E-state index >= 15 is 0 Å². The molecule has 1 atom stereocenters. The summed E-state index contributed by atoms with van der Waals surface area (Å²) in [6.45, 7) is 5.22. The van der Waals surface area contributed by atoms with Crippen LogP contribution in [0.15, 0.2) is 39.9 Å². The number of hydrogen-bond donors (Lipinski definition) is 2. The van der Waals surface area contributed by atoms with Crippen LogP contribution in [-0.4, -0.2) is 21.2 Å². The lowest BCUT2D eigenvalue weighted by Crippen LogP contribution is -2.25. The van der Waals surface area contributed by atoms with Crippen LogP contribution in [-0.2, 0) is 0 Å². The van der Waals surface area contributed by atoms with Crippen LogP contribution in [0.25, 0.3) is 22.4 Å². The molecule has 0 saturated heterocycles. The molecule has 0 saturated carbocycles. The molecule has 0 fully saturated rings. The molecule has 0 radical (unpaired) electrons. The standard InChI is InChI=1S/C18H17N3O4/c1-9-6-12(11(3)21-18(23)24)17-13(7-9)15(22)10(2)16(25-17)14-8-19-4-5-20-14/h4-8,11,21H,1-3H3,(H,23,24)/t11-/m1/s1. The Morgan fingerprint density at radius 3 is 2.68 bits per heavy atom. The summed E-state index contributed by atoms with van der Waals surface area (Å²) in [7, 11) is 0. The van der Waals surface area contributed by atoms with Gasteiger partial charge in [0.2, 0.25) is 0 Å². The van der Waals surface area contributed by atoms with Crippen molar-refractivity contribution in [2.45, 2.75) is 26.8 Å². The van der Waals surface area contributed by atoms with Crippen molar-refractivity contribution in [3.05, 3.63) is 57.6 Å². The number of fused-ring (bicyclic) bond motifs is 1. The van der Waals surface area contributed by atoms with Gasteiger partial charge in [-0.1, -0.05) is 6.07 Å². The molecular weight excluding hydrogens is 322 g/mol. The third-order valence-corrected chi connectivity index (χ3v) is 3.99. The molecular formula is C18H17N3O4. The molecule has 128 valence electrons. The number of carbonyl (C=O) groups is 1. The van der Waals surface area contributed by atoms with Crippen molar-refractivity contribution in [2.24, 2.45) is 0 Å². The van der Waals surface area contributed by atoms with E-state index in [0.29, 0.717) is 33.6 Å². The second kappa shape index (κ2) is 6.35. The highest BCUT2D eigenvalue weighted by atomic mass is 16.4. The lowest BCUT2D eigenvalue weighted by Gasteiger charge is -2.16. The highest BCUT2D eigenvalue weighted by Gasteiger charge is 2.20. The van der Waals surface area contributed by atoms with Gasteiger partial charge in [-0.3, -0.25) is 9.78 Å².